The number of hydrogen-bond donors (Lipinski definition) is 1. The van der Waals surface area contributed by atoms with Crippen LogP contribution in [0.25, 0.3) is 0 Å². The molecule has 0 spiro atoms. The van der Waals surface area contributed by atoms with Crippen LogP contribution in [0.2, 0.25) is 20.7 Å². The molecule has 0 rings (SSSR count). The lowest BCUT2D eigenvalue weighted by atomic mass is 10.1. The van der Waals surface area contributed by atoms with Gasteiger partial charge in [0.05, 0.1) is 5.54 Å². The molecule has 0 aromatic heterocycles. The van der Waals surface area contributed by atoms with Gasteiger partial charge in [0.25, 0.3) is 0 Å². The van der Waals surface area contributed by atoms with Gasteiger partial charge >= 0.3 is 8.80 Å². The van der Waals surface area contributed by atoms with Crippen LogP contribution in [0.5, 0.6) is 0 Å². The molecule has 0 heterocycles. The average Bonchev–Trinajstić information content (AvgIpc) is 2.46. The quantitative estimate of drug-likeness (QED) is 0.411. The predicted octanol–water partition coefficient (Wildman–Crippen LogP) is 2.70. The smallest absolute Gasteiger partial charge is 0.421 e. The summed E-state index contributed by atoms with van der Waals surface area (Å²) >= 11 is 0. The number of hydrogen-bond acceptors (Lipinski definition) is 4. The van der Waals surface area contributed by atoms with Gasteiger partial charge in [0.2, 0.25) is 5.91 Å². The summed E-state index contributed by atoms with van der Waals surface area (Å²) in [6.07, 6.45) is 0.684. The van der Waals surface area contributed by atoms with Gasteiger partial charge in [0.1, 0.15) is 0 Å². The van der Waals surface area contributed by atoms with Gasteiger partial charge in [-0.2, -0.15) is 0 Å². The Kier molecular flexibility index (Phi) is 10.1. The van der Waals surface area contributed by atoms with E-state index in [0.717, 1.165) is 0 Å². The second-order valence-electron chi connectivity index (χ2n) is 11.0. The van der Waals surface area contributed by atoms with Crippen LogP contribution < -0.4 is 5.73 Å². The van der Waals surface area contributed by atoms with Crippen LogP contribution >= 0.6 is 0 Å². The molecule has 0 aliphatic rings. The van der Waals surface area contributed by atoms with Gasteiger partial charge in [-0.1, -0.05) is 75.8 Å². The molecular weight excluding hydrogens is 407 g/mol. The lowest BCUT2D eigenvalue weighted by molar-refractivity contribution is -0.114. The zero-order valence-electron chi connectivity index (χ0n) is 19.3. The van der Waals surface area contributed by atoms with E-state index in [1.165, 1.54) is 0 Å². The van der Waals surface area contributed by atoms with Crippen LogP contribution in [-0.2, 0) is 17.1 Å². The molecule has 1 unspecified atom stereocenters. The van der Waals surface area contributed by atoms with E-state index in [4.69, 9.17) is 18.1 Å². The van der Waals surface area contributed by atoms with Crippen LogP contribution in [0.15, 0.2) is 12.2 Å². The van der Waals surface area contributed by atoms with E-state index in [1.807, 2.05) is 6.92 Å². The molecule has 0 aromatic carbocycles. The minimum atomic E-state index is -3.10. The molecule has 0 aromatic rings. The maximum absolute atomic E-state index is 12.0. The van der Waals surface area contributed by atoms with Gasteiger partial charge in [0.15, 0.2) is 29.3 Å². The minimum absolute atomic E-state index is 0.101. The number of primary amides is 1. The van der Waals surface area contributed by atoms with Crippen molar-refractivity contribution in [3.8, 4) is 0 Å². The first-order valence-corrected chi connectivity index (χ1v) is 15.5. The van der Waals surface area contributed by atoms with Crippen molar-refractivity contribution in [3.05, 3.63) is 12.2 Å². The maximum atomic E-state index is 12.0. The van der Waals surface area contributed by atoms with Crippen molar-refractivity contribution in [2.75, 3.05) is 0 Å². The Bertz CT molecular complexity index is 461. The summed E-state index contributed by atoms with van der Waals surface area (Å²) in [6, 6.07) is 0. The molecule has 9 heteroatoms. The van der Waals surface area contributed by atoms with Gasteiger partial charge in [-0.05, 0) is 21.5 Å². The standard InChI is InChI=1S/C18H43NO4Si4/c1-12-14(13(2)15(19)20)27(21-24-16(3,4)5,22-25-17(6,7)8)23-26-18(9,10)11/h14H,2,12,24-26H2,1,3-11H3,(H2,19,20). The molecule has 160 valence electrons. The van der Waals surface area contributed by atoms with Gasteiger partial charge < -0.3 is 18.1 Å². The van der Waals surface area contributed by atoms with Crippen LogP contribution in [0.4, 0.5) is 0 Å². The molecule has 1 atom stereocenters. The fraction of sp³-hybridized carbons (Fsp3) is 0.833. The van der Waals surface area contributed by atoms with Gasteiger partial charge in [-0.15, -0.1) is 0 Å². The topological polar surface area (TPSA) is 70.8 Å². The molecule has 5 nitrogen and oxygen atoms in total. The van der Waals surface area contributed by atoms with Crippen molar-refractivity contribution in [1.82, 2.24) is 0 Å². The van der Waals surface area contributed by atoms with E-state index in [-0.39, 0.29) is 20.7 Å². The zero-order chi connectivity index (χ0) is 21.7. The molecule has 0 aliphatic carbocycles. The summed E-state index contributed by atoms with van der Waals surface area (Å²) in [5.74, 6) is -0.484. The minimum Gasteiger partial charge on any atom is -0.421 e. The van der Waals surface area contributed by atoms with Gasteiger partial charge in [-0.25, -0.2) is 0 Å². The molecular formula is C18H43NO4Si4. The fourth-order valence-corrected chi connectivity index (χ4v) is 16.6. The van der Waals surface area contributed by atoms with E-state index in [9.17, 15) is 4.79 Å². The SMILES string of the molecule is C=C(C(N)=O)C(CC)[Si](O[SiH2]C(C)(C)C)(O[SiH2]C(C)(C)C)O[SiH2]C(C)(C)C. The van der Waals surface area contributed by atoms with Crippen molar-refractivity contribution >= 4 is 44.0 Å². The third-order valence-corrected chi connectivity index (χ3v) is 14.5. The summed E-state index contributed by atoms with van der Waals surface area (Å²) in [4.78, 5) is 12.0. The Hall–Kier alpha value is -0.0425. The summed E-state index contributed by atoms with van der Waals surface area (Å²) in [5, 5.41) is 0.303. The van der Waals surface area contributed by atoms with Gasteiger partial charge in [0, 0.05) is 5.57 Å². The molecule has 0 aliphatic heterocycles. The molecule has 0 saturated heterocycles. The number of carbonyl (C=O) groups excluding carboxylic acids is 1. The molecule has 27 heavy (non-hydrogen) atoms. The summed E-state index contributed by atoms with van der Waals surface area (Å²) in [7, 11) is -5.88. The van der Waals surface area contributed by atoms with Crippen LogP contribution in [0.1, 0.15) is 75.7 Å². The third kappa shape index (κ3) is 10.9. The summed E-state index contributed by atoms with van der Waals surface area (Å²) in [5.41, 5.74) is 5.74. The number of nitrogens with two attached hydrogens (primary N) is 1. The van der Waals surface area contributed by atoms with Crippen molar-refractivity contribution in [2.24, 2.45) is 5.73 Å². The first-order valence-electron chi connectivity index (χ1n) is 9.83. The lowest BCUT2D eigenvalue weighted by Gasteiger charge is -2.41. The highest BCUT2D eigenvalue weighted by Gasteiger charge is 2.51. The van der Waals surface area contributed by atoms with Crippen molar-refractivity contribution in [2.45, 2.75) is 96.3 Å². The first kappa shape index (κ1) is 27.0. The van der Waals surface area contributed by atoms with E-state index in [1.54, 1.807) is 0 Å². The van der Waals surface area contributed by atoms with Crippen LogP contribution in [0.3, 0.4) is 0 Å². The lowest BCUT2D eigenvalue weighted by Crippen LogP contribution is -2.56. The predicted molar refractivity (Wildman–Crippen MR) is 126 cm³/mol. The Labute approximate surface area is 175 Å². The van der Waals surface area contributed by atoms with Crippen molar-refractivity contribution in [1.29, 1.82) is 0 Å². The molecule has 0 radical (unpaired) electrons. The largest absolute Gasteiger partial charge is 0.476 e. The monoisotopic (exact) mass is 449 g/mol. The van der Waals surface area contributed by atoms with E-state index < -0.39 is 44.0 Å². The first-order chi connectivity index (χ1) is 11.9. The second kappa shape index (κ2) is 10.1. The van der Waals surface area contributed by atoms with Crippen molar-refractivity contribution < 1.29 is 17.1 Å². The number of amides is 1. The van der Waals surface area contributed by atoms with Crippen LogP contribution in [0, 0.1) is 0 Å². The van der Waals surface area contributed by atoms with Gasteiger partial charge in [-0.3, -0.25) is 4.79 Å². The van der Waals surface area contributed by atoms with Crippen molar-refractivity contribution in [3.63, 3.8) is 0 Å². The summed E-state index contributed by atoms with van der Waals surface area (Å²) in [6.45, 7) is 25.7. The molecule has 0 bridgehead atoms. The Morgan fingerprint density at radius 3 is 1.37 bits per heavy atom. The normalized spacial score (nSPS) is 18.0. The highest BCUT2D eigenvalue weighted by atomic mass is 28.5. The van der Waals surface area contributed by atoms with E-state index in [0.29, 0.717) is 12.0 Å². The molecule has 1 amide bonds. The third-order valence-electron chi connectivity index (χ3n) is 3.69. The average molecular weight is 450 g/mol. The summed E-state index contributed by atoms with van der Waals surface area (Å²) < 4.78 is 19.9. The fourth-order valence-electron chi connectivity index (χ4n) is 2.26. The molecule has 0 saturated carbocycles. The molecule has 0 fully saturated rings. The second-order valence-corrected chi connectivity index (χ2v) is 23.6. The Balaban J connectivity index is 6.06. The Morgan fingerprint density at radius 2 is 1.19 bits per heavy atom. The Morgan fingerprint density at radius 1 is 0.889 bits per heavy atom. The number of carbonyl (C=O) groups is 1. The van der Waals surface area contributed by atoms with Crippen LogP contribution in [-0.4, -0.2) is 44.0 Å². The number of rotatable bonds is 10. The molecule has 2 N–H and O–H groups in total. The zero-order valence-corrected chi connectivity index (χ0v) is 24.6. The highest BCUT2D eigenvalue weighted by molar-refractivity contribution is 6.76. The van der Waals surface area contributed by atoms with E-state index >= 15 is 0 Å². The van der Waals surface area contributed by atoms with E-state index in [2.05, 4.69) is 68.9 Å². The highest BCUT2D eigenvalue weighted by Crippen LogP contribution is 2.39. The maximum Gasteiger partial charge on any atom is 0.476 e.